The normalized spacial score (nSPS) is 12.7. The molecule has 1 aromatic rings. The van der Waals surface area contributed by atoms with E-state index in [1.54, 1.807) is 13.8 Å². The molecule has 0 saturated carbocycles. The lowest BCUT2D eigenvalue weighted by molar-refractivity contribution is 0.0239. The molecule has 0 atom stereocenters. The maximum Gasteiger partial charge on any atom is 0.126 e. The van der Waals surface area contributed by atoms with Crippen LogP contribution in [-0.4, -0.2) is 21.2 Å². The van der Waals surface area contributed by atoms with Gasteiger partial charge in [-0.3, -0.25) is 0 Å². The van der Waals surface area contributed by atoms with E-state index in [0.717, 1.165) is 11.5 Å². The third kappa shape index (κ3) is 2.93. The van der Waals surface area contributed by atoms with Gasteiger partial charge in [0.05, 0.1) is 11.1 Å². The number of hydrogen-bond donors (Lipinski definition) is 2. The van der Waals surface area contributed by atoms with Gasteiger partial charge in [-0.2, -0.15) is 0 Å². The van der Waals surface area contributed by atoms with Crippen molar-refractivity contribution in [3.8, 4) is 0 Å². The molecule has 0 saturated heterocycles. The summed E-state index contributed by atoms with van der Waals surface area (Å²) in [7, 11) is 0. The Labute approximate surface area is 91.5 Å². The van der Waals surface area contributed by atoms with Crippen molar-refractivity contribution >= 4 is 5.82 Å². The van der Waals surface area contributed by atoms with Crippen LogP contribution >= 0.6 is 0 Å². The highest BCUT2D eigenvalue weighted by molar-refractivity contribution is 5.39. The number of nitrogens with one attached hydrogen (secondary N) is 1. The van der Waals surface area contributed by atoms with E-state index < -0.39 is 11.1 Å². The Bertz CT molecular complexity index is 340. The fourth-order valence-electron chi connectivity index (χ4n) is 1.09. The summed E-state index contributed by atoms with van der Waals surface area (Å²) in [6.45, 7) is 9.43. The van der Waals surface area contributed by atoms with Gasteiger partial charge >= 0.3 is 0 Å². The van der Waals surface area contributed by atoms with Gasteiger partial charge in [-0.05, 0) is 46.8 Å². The molecule has 0 bridgehead atoms. The van der Waals surface area contributed by atoms with Crippen molar-refractivity contribution in [3.05, 3.63) is 23.9 Å². The average molecular weight is 208 g/mol. The van der Waals surface area contributed by atoms with Gasteiger partial charge in [0.2, 0.25) is 0 Å². The average Bonchev–Trinajstić information content (AvgIpc) is 2.00. The van der Waals surface area contributed by atoms with Gasteiger partial charge in [0.15, 0.2) is 0 Å². The number of anilines is 1. The Morgan fingerprint density at radius 2 is 1.80 bits per heavy atom. The molecule has 2 N–H and O–H groups in total. The number of rotatable bonds is 3. The molecule has 0 aliphatic carbocycles. The molecule has 0 unspecified atom stereocenters. The van der Waals surface area contributed by atoms with Crippen molar-refractivity contribution in [3.63, 3.8) is 0 Å². The number of pyridine rings is 1. The molecular weight excluding hydrogens is 188 g/mol. The van der Waals surface area contributed by atoms with E-state index in [2.05, 4.69) is 10.3 Å². The number of aliphatic hydroxyl groups is 1. The zero-order valence-corrected chi connectivity index (χ0v) is 10.1. The van der Waals surface area contributed by atoms with Crippen LogP contribution in [0.5, 0.6) is 0 Å². The van der Waals surface area contributed by atoms with Gasteiger partial charge in [0.25, 0.3) is 0 Å². The first kappa shape index (κ1) is 12.0. The van der Waals surface area contributed by atoms with Gasteiger partial charge < -0.3 is 10.4 Å². The molecule has 0 aromatic carbocycles. The van der Waals surface area contributed by atoms with E-state index in [4.69, 9.17) is 0 Å². The fraction of sp³-hybridized carbons (Fsp3) is 0.583. The first-order chi connectivity index (χ1) is 6.72. The van der Waals surface area contributed by atoms with Gasteiger partial charge in [0.1, 0.15) is 5.82 Å². The fourth-order valence-corrected chi connectivity index (χ4v) is 1.09. The molecule has 0 radical (unpaired) electrons. The van der Waals surface area contributed by atoms with Crippen LogP contribution in [0.3, 0.4) is 0 Å². The standard InChI is InChI=1S/C12H20N2O/c1-9-7-6-8-10(13-9)14-11(2,3)12(4,5)15/h6-8,15H,1-5H3,(H,13,14). The lowest BCUT2D eigenvalue weighted by Crippen LogP contribution is -2.51. The predicted molar refractivity (Wildman–Crippen MR) is 63.0 cm³/mol. The molecule has 1 heterocycles. The Morgan fingerprint density at radius 1 is 1.20 bits per heavy atom. The van der Waals surface area contributed by atoms with Crippen LogP contribution in [0.15, 0.2) is 18.2 Å². The van der Waals surface area contributed by atoms with Crippen molar-refractivity contribution in [2.24, 2.45) is 0 Å². The van der Waals surface area contributed by atoms with E-state index in [1.807, 2.05) is 39.0 Å². The molecule has 0 amide bonds. The molecule has 15 heavy (non-hydrogen) atoms. The van der Waals surface area contributed by atoms with Gasteiger partial charge in [-0.1, -0.05) is 6.07 Å². The number of aryl methyl sites for hydroxylation is 1. The minimum Gasteiger partial charge on any atom is -0.388 e. The van der Waals surface area contributed by atoms with E-state index in [0.29, 0.717) is 0 Å². The Hall–Kier alpha value is -1.09. The third-order valence-corrected chi connectivity index (χ3v) is 2.86. The maximum absolute atomic E-state index is 9.99. The number of nitrogens with zero attached hydrogens (tertiary/aromatic N) is 1. The van der Waals surface area contributed by atoms with E-state index in [9.17, 15) is 5.11 Å². The van der Waals surface area contributed by atoms with Crippen molar-refractivity contribution in [1.82, 2.24) is 4.98 Å². The van der Waals surface area contributed by atoms with Crippen LogP contribution in [0.1, 0.15) is 33.4 Å². The zero-order chi connectivity index (χ0) is 11.7. The molecule has 0 aliphatic rings. The Morgan fingerprint density at radius 3 is 2.27 bits per heavy atom. The van der Waals surface area contributed by atoms with Crippen molar-refractivity contribution in [2.45, 2.75) is 45.8 Å². The molecular formula is C12H20N2O. The second kappa shape index (κ2) is 3.81. The highest BCUT2D eigenvalue weighted by Crippen LogP contribution is 2.24. The summed E-state index contributed by atoms with van der Waals surface area (Å²) in [4.78, 5) is 4.35. The molecule has 1 aromatic heterocycles. The molecule has 0 spiro atoms. The number of aromatic nitrogens is 1. The largest absolute Gasteiger partial charge is 0.388 e. The summed E-state index contributed by atoms with van der Waals surface area (Å²) in [5.74, 6) is 0.794. The molecule has 3 nitrogen and oxygen atoms in total. The van der Waals surface area contributed by atoms with Crippen LogP contribution in [0.4, 0.5) is 5.82 Å². The minimum absolute atomic E-state index is 0.423. The van der Waals surface area contributed by atoms with Crippen molar-refractivity contribution in [1.29, 1.82) is 0 Å². The maximum atomic E-state index is 9.99. The summed E-state index contributed by atoms with van der Waals surface area (Å²) in [6, 6.07) is 5.80. The van der Waals surface area contributed by atoms with Crippen LogP contribution in [0.2, 0.25) is 0 Å². The molecule has 84 valence electrons. The van der Waals surface area contributed by atoms with Crippen LogP contribution < -0.4 is 5.32 Å². The summed E-state index contributed by atoms with van der Waals surface area (Å²) in [5.41, 5.74) is -0.266. The highest BCUT2D eigenvalue weighted by Gasteiger charge is 2.35. The lowest BCUT2D eigenvalue weighted by atomic mass is 9.86. The Kier molecular flexibility index (Phi) is 3.05. The number of hydrogen-bond acceptors (Lipinski definition) is 3. The van der Waals surface area contributed by atoms with E-state index in [1.165, 1.54) is 0 Å². The third-order valence-electron chi connectivity index (χ3n) is 2.86. The molecule has 0 aliphatic heterocycles. The van der Waals surface area contributed by atoms with Gasteiger partial charge in [-0.25, -0.2) is 4.98 Å². The van der Waals surface area contributed by atoms with Crippen molar-refractivity contribution < 1.29 is 5.11 Å². The molecule has 1 rings (SSSR count). The summed E-state index contributed by atoms with van der Waals surface area (Å²) < 4.78 is 0. The first-order valence-corrected chi connectivity index (χ1v) is 5.16. The SMILES string of the molecule is Cc1cccc(NC(C)(C)C(C)(C)O)n1. The second-order valence-electron chi connectivity index (χ2n) is 4.97. The second-order valence-corrected chi connectivity index (χ2v) is 4.97. The molecule has 3 heteroatoms. The summed E-state index contributed by atoms with van der Waals surface area (Å²) in [6.07, 6.45) is 0. The van der Waals surface area contributed by atoms with Gasteiger partial charge in [0, 0.05) is 5.69 Å². The van der Waals surface area contributed by atoms with Crippen molar-refractivity contribution in [2.75, 3.05) is 5.32 Å². The Balaban J connectivity index is 2.87. The van der Waals surface area contributed by atoms with Crippen LogP contribution in [-0.2, 0) is 0 Å². The topological polar surface area (TPSA) is 45.1 Å². The first-order valence-electron chi connectivity index (χ1n) is 5.16. The smallest absolute Gasteiger partial charge is 0.126 e. The monoisotopic (exact) mass is 208 g/mol. The minimum atomic E-state index is -0.807. The van der Waals surface area contributed by atoms with E-state index >= 15 is 0 Å². The lowest BCUT2D eigenvalue weighted by Gasteiger charge is -2.38. The van der Waals surface area contributed by atoms with Crippen LogP contribution in [0, 0.1) is 6.92 Å². The zero-order valence-electron chi connectivity index (χ0n) is 10.1. The van der Waals surface area contributed by atoms with E-state index in [-0.39, 0.29) is 0 Å². The summed E-state index contributed by atoms with van der Waals surface area (Å²) in [5, 5.41) is 13.2. The quantitative estimate of drug-likeness (QED) is 0.801. The van der Waals surface area contributed by atoms with Gasteiger partial charge in [-0.15, -0.1) is 0 Å². The molecule has 0 fully saturated rings. The van der Waals surface area contributed by atoms with Crippen LogP contribution in [0.25, 0.3) is 0 Å². The predicted octanol–water partition coefficient (Wildman–Crippen LogP) is 2.35. The highest BCUT2D eigenvalue weighted by atomic mass is 16.3. The summed E-state index contributed by atoms with van der Waals surface area (Å²) >= 11 is 0.